The van der Waals surface area contributed by atoms with Crippen LogP contribution in [0, 0.1) is 10.1 Å². The van der Waals surface area contributed by atoms with E-state index in [1.54, 1.807) is 6.07 Å². The standard InChI is InChI=1S/C6H4BrNO3/c7-4-5(8(9)10)6-2-1-3-11-6/h1-4H/b5-4+. The second-order valence-electron chi connectivity index (χ2n) is 1.73. The average Bonchev–Trinajstić information content (AvgIpc) is 2.40. The Morgan fingerprint density at radius 1 is 1.82 bits per heavy atom. The summed E-state index contributed by atoms with van der Waals surface area (Å²) in [6.45, 7) is 0. The molecule has 0 bridgehead atoms. The number of nitro groups is 1. The van der Waals surface area contributed by atoms with Gasteiger partial charge >= 0.3 is 5.70 Å². The van der Waals surface area contributed by atoms with Crippen molar-refractivity contribution in [2.75, 3.05) is 0 Å². The number of hydrogen-bond acceptors (Lipinski definition) is 3. The number of nitrogens with zero attached hydrogens (tertiary/aromatic N) is 1. The van der Waals surface area contributed by atoms with Crippen LogP contribution >= 0.6 is 15.9 Å². The summed E-state index contributed by atoms with van der Waals surface area (Å²) in [6.07, 6.45) is 1.38. The minimum atomic E-state index is -0.520. The molecular formula is C6H4BrNO3. The highest BCUT2D eigenvalue weighted by Gasteiger charge is 2.15. The van der Waals surface area contributed by atoms with Gasteiger partial charge in [0.05, 0.1) is 16.2 Å². The summed E-state index contributed by atoms with van der Waals surface area (Å²) in [5, 5.41) is 10.3. The molecular weight excluding hydrogens is 214 g/mol. The first-order valence-corrected chi connectivity index (χ1v) is 3.66. The van der Waals surface area contributed by atoms with E-state index in [0.717, 1.165) is 0 Å². The maximum Gasteiger partial charge on any atom is 0.318 e. The van der Waals surface area contributed by atoms with E-state index in [1.165, 1.54) is 17.3 Å². The van der Waals surface area contributed by atoms with Gasteiger partial charge in [-0.05, 0) is 12.1 Å². The van der Waals surface area contributed by atoms with Crippen molar-refractivity contribution in [1.29, 1.82) is 0 Å². The van der Waals surface area contributed by atoms with Gasteiger partial charge in [0, 0.05) is 0 Å². The van der Waals surface area contributed by atoms with Gasteiger partial charge in [0.1, 0.15) is 0 Å². The first-order valence-electron chi connectivity index (χ1n) is 2.74. The van der Waals surface area contributed by atoms with Crippen LogP contribution in [0.1, 0.15) is 5.76 Å². The van der Waals surface area contributed by atoms with Gasteiger partial charge < -0.3 is 4.42 Å². The lowest BCUT2D eigenvalue weighted by atomic mass is 10.4. The number of halogens is 1. The molecule has 0 saturated carbocycles. The van der Waals surface area contributed by atoms with Gasteiger partial charge in [0.15, 0.2) is 0 Å². The van der Waals surface area contributed by atoms with Crippen LogP contribution in [0.3, 0.4) is 0 Å². The maximum absolute atomic E-state index is 10.3. The third kappa shape index (κ3) is 1.68. The van der Waals surface area contributed by atoms with Gasteiger partial charge in [0.25, 0.3) is 0 Å². The third-order valence-electron chi connectivity index (χ3n) is 1.07. The maximum atomic E-state index is 10.3. The summed E-state index contributed by atoms with van der Waals surface area (Å²) in [7, 11) is 0. The molecule has 11 heavy (non-hydrogen) atoms. The zero-order valence-electron chi connectivity index (χ0n) is 5.36. The summed E-state index contributed by atoms with van der Waals surface area (Å²) in [5.74, 6) is 0.242. The zero-order valence-corrected chi connectivity index (χ0v) is 6.95. The molecule has 0 aliphatic heterocycles. The fourth-order valence-corrected chi connectivity index (χ4v) is 1.00. The SMILES string of the molecule is O=[N+]([O-])/C(=C/Br)c1ccco1. The Morgan fingerprint density at radius 2 is 2.55 bits per heavy atom. The molecule has 0 radical (unpaired) electrons. The van der Waals surface area contributed by atoms with Crippen molar-refractivity contribution in [3.63, 3.8) is 0 Å². The Morgan fingerprint density at radius 3 is 2.91 bits per heavy atom. The lowest BCUT2D eigenvalue weighted by molar-refractivity contribution is -0.376. The van der Waals surface area contributed by atoms with Gasteiger partial charge in [-0.2, -0.15) is 0 Å². The molecule has 0 aliphatic carbocycles. The molecule has 1 heterocycles. The van der Waals surface area contributed by atoms with Crippen LogP contribution < -0.4 is 0 Å². The van der Waals surface area contributed by atoms with Gasteiger partial charge in [-0.1, -0.05) is 15.9 Å². The van der Waals surface area contributed by atoms with Crippen molar-refractivity contribution in [2.45, 2.75) is 0 Å². The number of hydrogen-bond donors (Lipinski definition) is 0. The minimum Gasteiger partial charge on any atom is -0.458 e. The zero-order chi connectivity index (χ0) is 8.27. The quantitative estimate of drug-likeness (QED) is 0.564. The highest BCUT2D eigenvalue weighted by molar-refractivity contribution is 9.11. The molecule has 0 atom stereocenters. The van der Waals surface area contributed by atoms with E-state index in [-0.39, 0.29) is 11.5 Å². The summed E-state index contributed by atoms with van der Waals surface area (Å²) in [4.78, 5) is 11.0. The minimum absolute atomic E-state index is 0.0880. The van der Waals surface area contributed by atoms with Crippen molar-refractivity contribution >= 4 is 21.6 Å². The molecule has 1 aromatic rings. The summed E-state index contributed by atoms with van der Waals surface area (Å²) in [5.41, 5.74) is -0.0880. The Kier molecular flexibility index (Phi) is 2.43. The van der Waals surface area contributed by atoms with Gasteiger partial charge in [-0.3, -0.25) is 10.1 Å². The molecule has 0 aromatic carbocycles. The number of furan rings is 1. The average molecular weight is 218 g/mol. The fraction of sp³-hybridized carbons (Fsp3) is 0. The molecule has 5 heteroatoms. The Labute approximate surface area is 70.8 Å². The van der Waals surface area contributed by atoms with Crippen molar-refractivity contribution in [1.82, 2.24) is 0 Å². The summed E-state index contributed by atoms with van der Waals surface area (Å²) >= 11 is 2.87. The van der Waals surface area contributed by atoms with E-state index in [4.69, 9.17) is 4.42 Å². The van der Waals surface area contributed by atoms with E-state index < -0.39 is 4.92 Å². The predicted octanol–water partition coefficient (Wildman–Crippen LogP) is 2.25. The monoisotopic (exact) mass is 217 g/mol. The van der Waals surface area contributed by atoms with E-state index in [0.29, 0.717) is 0 Å². The lowest BCUT2D eigenvalue weighted by Gasteiger charge is -1.89. The highest BCUT2D eigenvalue weighted by Crippen LogP contribution is 2.16. The Hall–Kier alpha value is -1.10. The first kappa shape index (κ1) is 8.00. The van der Waals surface area contributed by atoms with Gasteiger partial charge in [-0.15, -0.1) is 0 Å². The second kappa shape index (κ2) is 3.34. The fourth-order valence-electron chi connectivity index (χ4n) is 0.608. The molecule has 0 amide bonds. The van der Waals surface area contributed by atoms with E-state index in [1.807, 2.05) is 0 Å². The summed E-state index contributed by atoms with van der Waals surface area (Å²) in [6, 6.07) is 3.12. The molecule has 0 spiro atoms. The summed E-state index contributed by atoms with van der Waals surface area (Å²) < 4.78 is 4.81. The second-order valence-corrected chi connectivity index (χ2v) is 2.19. The normalized spacial score (nSPS) is 11.5. The molecule has 0 aliphatic rings. The van der Waals surface area contributed by atoms with Crippen molar-refractivity contribution in [3.05, 3.63) is 39.3 Å². The van der Waals surface area contributed by atoms with Gasteiger partial charge in [-0.25, -0.2) is 0 Å². The van der Waals surface area contributed by atoms with Crippen LogP contribution in [0.4, 0.5) is 0 Å². The molecule has 58 valence electrons. The molecule has 4 nitrogen and oxygen atoms in total. The van der Waals surface area contributed by atoms with Crippen LogP contribution in [0.25, 0.3) is 5.70 Å². The van der Waals surface area contributed by atoms with E-state index in [2.05, 4.69) is 15.9 Å². The smallest absolute Gasteiger partial charge is 0.318 e. The third-order valence-corrected chi connectivity index (χ3v) is 1.51. The predicted molar refractivity (Wildman–Crippen MR) is 42.6 cm³/mol. The molecule has 1 aromatic heterocycles. The topological polar surface area (TPSA) is 56.3 Å². The molecule has 0 fully saturated rings. The van der Waals surface area contributed by atoms with Crippen LogP contribution in [0.5, 0.6) is 0 Å². The number of rotatable bonds is 2. The van der Waals surface area contributed by atoms with Crippen LogP contribution in [-0.2, 0) is 0 Å². The molecule has 1 rings (SSSR count). The largest absolute Gasteiger partial charge is 0.458 e. The van der Waals surface area contributed by atoms with Crippen molar-refractivity contribution in [2.24, 2.45) is 0 Å². The van der Waals surface area contributed by atoms with Gasteiger partial charge in [0.2, 0.25) is 5.76 Å². The van der Waals surface area contributed by atoms with Crippen LogP contribution in [0.2, 0.25) is 0 Å². The van der Waals surface area contributed by atoms with E-state index >= 15 is 0 Å². The lowest BCUT2D eigenvalue weighted by Crippen LogP contribution is -1.94. The first-order chi connectivity index (χ1) is 5.25. The van der Waals surface area contributed by atoms with Crippen molar-refractivity contribution in [3.8, 4) is 0 Å². The van der Waals surface area contributed by atoms with Crippen molar-refractivity contribution < 1.29 is 9.34 Å². The van der Waals surface area contributed by atoms with E-state index in [9.17, 15) is 10.1 Å². The Balaban J connectivity index is 2.99. The van der Waals surface area contributed by atoms with Crippen LogP contribution in [0.15, 0.2) is 27.8 Å². The molecule has 0 N–H and O–H groups in total. The van der Waals surface area contributed by atoms with Crippen LogP contribution in [-0.4, -0.2) is 4.92 Å². The Bertz CT molecular complexity index is 278. The molecule has 0 saturated heterocycles. The highest BCUT2D eigenvalue weighted by atomic mass is 79.9. The molecule has 0 unspecified atom stereocenters.